The molecule has 0 bridgehead atoms. The first-order chi connectivity index (χ1) is 9.96. The Bertz CT molecular complexity index is 426. The fourth-order valence-corrected chi connectivity index (χ4v) is 3.39. The van der Waals surface area contributed by atoms with Crippen LogP contribution in [0.1, 0.15) is 59.4 Å². The molecule has 1 heterocycles. The van der Waals surface area contributed by atoms with Gasteiger partial charge in [0.25, 0.3) is 0 Å². The Morgan fingerprint density at radius 2 is 1.86 bits per heavy atom. The van der Waals surface area contributed by atoms with Crippen molar-refractivity contribution in [1.82, 2.24) is 15.1 Å². The van der Waals surface area contributed by atoms with E-state index in [0.29, 0.717) is 17.9 Å². The number of hydrogen-bond donors (Lipinski definition) is 1. The lowest BCUT2D eigenvalue weighted by Crippen LogP contribution is -2.40. The molecule has 1 rings (SSSR count). The first kappa shape index (κ1) is 18.7. The third-order valence-electron chi connectivity index (χ3n) is 4.45. The third-order valence-corrected chi connectivity index (χ3v) is 5.37. The molecule has 1 aromatic heterocycles. The quantitative estimate of drug-likeness (QED) is 0.708. The summed E-state index contributed by atoms with van der Waals surface area (Å²) in [6.07, 6.45) is 3.20. The van der Waals surface area contributed by atoms with Gasteiger partial charge in [-0.2, -0.15) is 5.10 Å². The molecular weight excluding hydrogens is 326 g/mol. The van der Waals surface area contributed by atoms with Gasteiger partial charge in [-0.25, -0.2) is 0 Å². The van der Waals surface area contributed by atoms with Crippen LogP contribution >= 0.6 is 15.9 Å². The van der Waals surface area contributed by atoms with Gasteiger partial charge in [0.2, 0.25) is 0 Å². The van der Waals surface area contributed by atoms with E-state index in [1.54, 1.807) is 0 Å². The van der Waals surface area contributed by atoms with E-state index in [1.807, 2.05) is 0 Å². The van der Waals surface area contributed by atoms with Gasteiger partial charge in [0.05, 0.1) is 15.9 Å². The first-order valence-electron chi connectivity index (χ1n) is 8.43. The summed E-state index contributed by atoms with van der Waals surface area (Å²) >= 11 is 3.77. The van der Waals surface area contributed by atoms with Crippen LogP contribution in [0.25, 0.3) is 0 Å². The van der Waals surface area contributed by atoms with Crippen LogP contribution in [-0.2, 0) is 19.4 Å². The zero-order valence-corrected chi connectivity index (χ0v) is 16.1. The number of aromatic nitrogens is 2. The highest BCUT2D eigenvalue weighted by molar-refractivity contribution is 9.10. The van der Waals surface area contributed by atoms with Crippen molar-refractivity contribution in [3.05, 3.63) is 15.9 Å². The van der Waals surface area contributed by atoms with Crippen LogP contribution in [0.3, 0.4) is 0 Å². The van der Waals surface area contributed by atoms with Crippen molar-refractivity contribution in [3.8, 4) is 0 Å². The molecule has 3 nitrogen and oxygen atoms in total. The molecule has 0 amide bonds. The maximum absolute atomic E-state index is 4.73. The summed E-state index contributed by atoms with van der Waals surface area (Å²) in [4.78, 5) is 0. The Morgan fingerprint density at radius 1 is 1.19 bits per heavy atom. The number of halogens is 1. The van der Waals surface area contributed by atoms with Gasteiger partial charge < -0.3 is 5.32 Å². The van der Waals surface area contributed by atoms with E-state index in [1.165, 1.54) is 22.3 Å². The second kappa shape index (κ2) is 8.94. The highest BCUT2D eigenvalue weighted by Crippen LogP contribution is 2.26. The number of nitrogens with one attached hydrogen (secondary N) is 1. The molecule has 0 saturated carbocycles. The molecule has 0 radical (unpaired) electrons. The third kappa shape index (κ3) is 4.82. The second-order valence-corrected chi connectivity index (χ2v) is 7.04. The monoisotopic (exact) mass is 357 g/mol. The lowest BCUT2D eigenvalue weighted by atomic mass is 9.87. The van der Waals surface area contributed by atoms with Gasteiger partial charge in [-0.05, 0) is 54.1 Å². The molecule has 0 spiro atoms. The highest BCUT2D eigenvalue weighted by Gasteiger charge is 2.24. The van der Waals surface area contributed by atoms with E-state index in [2.05, 4.69) is 67.5 Å². The molecule has 1 aromatic rings. The molecule has 0 saturated heterocycles. The lowest BCUT2D eigenvalue weighted by molar-refractivity contribution is 0.292. The van der Waals surface area contributed by atoms with Crippen LogP contribution < -0.4 is 5.32 Å². The standard InChI is InChI=1S/C17H32BrN3/c1-7-10-19-15(13(6)12(4)5)11-16-17(18)14(8-2)20-21(16)9-3/h12-13,15,19H,7-11H2,1-6H3. The first-order valence-corrected chi connectivity index (χ1v) is 9.22. The minimum atomic E-state index is 0.507. The van der Waals surface area contributed by atoms with Gasteiger partial charge in [0.1, 0.15) is 0 Å². The number of hydrogen-bond acceptors (Lipinski definition) is 2. The Morgan fingerprint density at radius 3 is 2.33 bits per heavy atom. The SMILES string of the molecule is CCCNC(Cc1c(Br)c(CC)nn1CC)C(C)C(C)C. The number of nitrogens with zero attached hydrogens (tertiary/aromatic N) is 2. The van der Waals surface area contributed by atoms with E-state index >= 15 is 0 Å². The van der Waals surface area contributed by atoms with Crippen molar-refractivity contribution in [2.45, 2.75) is 73.4 Å². The average molecular weight is 358 g/mol. The molecule has 1 N–H and O–H groups in total. The molecule has 0 aliphatic heterocycles. The zero-order chi connectivity index (χ0) is 16.0. The smallest absolute Gasteiger partial charge is 0.0766 e. The normalized spacial score (nSPS) is 14.7. The van der Waals surface area contributed by atoms with Gasteiger partial charge in [-0.1, -0.05) is 34.6 Å². The zero-order valence-electron chi connectivity index (χ0n) is 14.5. The second-order valence-electron chi connectivity index (χ2n) is 6.24. The molecule has 0 aliphatic carbocycles. The maximum Gasteiger partial charge on any atom is 0.0766 e. The molecule has 122 valence electrons. The van der Waals surface area contributed by atoms with Crippen LogP contribution in [0.5, 0.6) is 0 Å². The summed E-state index contributed by atoms with van der Waals surface area (Å²) < 4.78 is 3.38. The van der Waals surface area contributed by atoms with Crippen molar-refractivity contribution in [2.24, 2.45) is 11.8 Å². The molecule has 4 heteroatoms. The molecule has 21 heavy (non-hydrogen) atoms. The predicted octanol–water partition coefficient (Wildman–Crippen LogP) is 4.43. The summed E-state index contributed by atoms with van der Waals surface area (Å²) in [5.74, 6) is 1.33. The Kier molecular flexibility index (Phi) is 7.96. The van der Waals surface area contributed by atoms with Gasteiger partial charge in [-0.15, -0.1) is 0 Å². The largest absolute Gasteiger partial charge is 0.313 e. The molecule has 0 aliphatic rings. The summed E-state index contributed by atoms with van der Waals surface area (Å²) in [7, 11) is 0. The van der Waals surface area contributed by atoms with Crippen LogP contribution in [0, 0.1) is 11.8 Å². The summed E-state index contributed by atoms with van der Waals surface area (Å²) in [5, 5.41) is 8.47. The van der Waals surface area contributed by atoms with Crippen LogP contribution in [0.2, 0.25) is 0 Å². The Hall–Kier alpha value is -0.350. The Labute approximate surface area is 139 Å². The van der Waals surface area contributed by atoms with Crippen LogP contribution in [-0.4, -0.2) is 22.4 Å². The minimum absolute atomic E-state index is 0.507. The average Bonchev–Trinajstić information content (AvgIpc) is 2.78. The molecule has 0 fully saturated rings. The molecule has 2 atom stereocenters. The summed E-state index contributed by atoms with van der Waals surface area (Å²) in [5.41, 5.74) is 2.52. The van der Waals surface area contributed by atoms with E-state index in [0.717, 1.165) is 25.9 Å². The van der Waals surface area contributed by atoms with E-state index in [-0.39, 0.29) is 0 Å². The lowest BCUT2D eigenvalue weighted by Gasteiger charge is -2.28. The maximum atomic E-state index is 4.73. The fourth-order valence-electron chi connectivity index (χ4n) is 2.66. The highest BCUT2D eigenvalue weighted by atomic mass is 79.9. The Balaban J connectivity index is 2.99. The van der Waals surface area contributed by atoms with Gasteiger partial charge >= 0.3 is 0 Å². The van der Waals surface area contributed by atoms with Crippen molar-refractivity contribution < 1.29 is 0 Å². The minimum Gasteiger partial charge on any atom is -0.313 e. The van der Waals surface area contributed by atoms with Crippen molar-refractivity contribution in [2.75, 3.05) is 6.54 Å². The molecular formula is C17H32BrN3. The van der Waals surface area contributed by atoms with E-state index in [9.17, 15) is 0 Å². The molecule has 2 unspecified atom stereocenters. The van der Waals surface area contributed by atoms with Crippen LogP contribution in [0.4, 0.5) is 0 Å². The van der Waals surface area contributed by atoms with Gasteiger partial charge in [-0.3, -0.25) is 4.68 Å². The predicted molar refractivity (Wildman–Crippen MR) is 94.8 cm³/mol. The van der Waals surface area contributed by atoms with Crippen molar-refractivity contribution >= 4 is 15.9 Å². The van der Waals surface area contributed by atoms with Gasteiger partial charge in [0, 0.05) is 19.0 Å². The number of aryl methyl sites for hydroxylation is 2. The molecule has 0 aromatic carbocycles. The van der Waals surface area contributed by atoms with Crippen LogP contribution in [0.15, 0.2) is 4.47 Å². The van der Waals surface area contributed by atoms with E-state index in [4.69, 9.17) is 5.10 Å². The summed E-state index contributed by atoms with van der Waals surface area (Å²) in [6, 6.07) is 0.507. The van der Waals surface area contributed by atoms with Gasteiger partial charge in [0.15, 0.2) is 0 Å². The summed E-state index contributed by atoms with van der Waals surface area (Å²) in [6.45, 7) is 15.6. The van der Waals surface area contributed by atoms with Crippen molar-refractivity contribution in [1.29, 1.82) is 0 Å². The topological polar surface area (TPSA) is 29.9 Å². The van der Waals surface area contributed by atoms with E-state index < -0.39 is 0 Å². The number of rotatable bonds is 9. The fraction of sp³-hybridized carbons (Fsp3) is 0.824. The van der Waals surface area contributed by atoms with Crippen molar-refractivity contribution in [3.63, 3.8) is 0 Å².